The van der Waals surface area contributed by atoms with Crippen LogP contribution in [0.25, 0.3) is 0 Å². The van der Waals surface area contributed by atoms with Gasteiger partial charge in [0, 0.05) is 36.7 Å². The summed E-state index contributed by atoms with van der Waals surface area (Å²) >= 11 is 1.50. The molecular weight excluding hydrogens is 396 g/mol. The van der Waals surface area contributed by atoms with Gasteiger partial charge in [-0.3, -0.25) is 14.5 Å². The highest BCUT2D eigenvalue weighted by molar-refractivity contribution is 7.15. The van der Waals surface area contributed by atoms with Crippen LogP contribution in [0.4, 0.5) is 5.13 Å². The highest BCUT2D eigenvalue weighted by Crippen LogP contribution is 2.21. The Bertz CT molecular complexity index is 1010. The first-order valence-electron chi connectivity index (χ1n) is 9.72. The van der Waals surface area contributed by atoms with Crippen molar-refractivity contribution in [1.82, 2.24) is 15.2 Å². The highest BCUT2D eigenvalue weighted by Gasteiger charge is 2.11. The van der Waals surface area contributed by atoms with Crippen molar-refractivity contribution in [1.29, 1.82) is 0 Å². The predicted molar refractivity (Wildman–Crippen MR) is 121 cm³/mol. The van der Waals surface area contributed by atoms with E-state index in [4.69, 9.17) is 0 Å². The maximum atomic E-state index is 12.4. The van der Waals surface area contributed by atoms with Crippen LogP contribution in [0.2, 0.25) is 0 Å². The molecule has 30 heavy (non-hydrogen) atoms. The summed E-state index contributed by atoms with van der Waals surface area (Å²) in [6.07, 6.45) is 2.63. The number of thiazole rings is 1. The smallest absolute Gasteiger partial charge is 0.251 e. The molecule has 0 aliphatic rings. The summed E-state index contributed by atoms with van der Waals surface area (Å²) in [7, 11) is 3.49. The fourth-order valence-electron chi connectivity index (χ4n) is 3.15. The number of hydrogen-bond donors (Lipinski definition) is 2. The van der Waals surface area contributed by atoms with E-state index in [-0.39, 0.29) is 18.4 Å². The van der Waals surface area contributed by atoms with E-state index >= 15 is 0 Å². The van der Waals surface area contributed by atoms with Crippen molar-refractivity contribution in [2.45, 2.75) is 19.9 Å². The molecule has 0 saturated heterocycles. The van der Waals surface area contributed by atoms with Crippen LogP contribution in [-0.4, -0.2) is 42.3 Å². The van der Waals surface area contributed by atoms with Crippen LogP contribution in [-0.2, 0) is 17.8 Å². The Balaban J connectivity index is 1.49. The molecule has 0 unspecified atom stereocenters. The fraction of sp³-hybridized carbons (Fsp3) is 0.261. The Kier molecular flexibility index (Phi) is 7.32. The molecule has 2 aromatic carbocycles. The van der Waals surface area contributed by atoms with Crippen molar-refractivity contribution in [3.8, 4) is 0 Å². The summed E-state index contributed by atoms with van der Waals surface area (Å²) in [5.74, 6) is -0.213. The molecule has 156 valence electrons. The Labute approximate surface area is 181 Å². The molecule has 0 spiro atoms. The zero-order valence-electron chi connectivity index (χ0n) is 17.4. The van der Waals surface area contributed by atoms with E-state index in [1.807, 2.05) is 30.3 Å². The van der Waals surface area contributed by atoms with Crippen molar-refractivity contribution < 1.29 is 9.59 Å². The standard InChI is InChI=1S/C23H26N4O2S/c1-16-5-4-6-18(11-16)12-20-13-25-23(30-20)26-21(28)15-27(3)14-17-7-9-19(10-8-17)22(29)24-2/h4-11,13H,12,14-15H2,1-3H3,(H,24,29)(H,25,26,28). The molecule has 1 heterocycles. The summed E-state index contributed by atoms with van der Waals surface area (Å²) in [5, 5.41) is 6.10. The zero-order valence-corrected chi connectivity index (χ0v) is 18.3. The number of aromatic nitrogens is 1. The number of likely N-dealkylation sites (N-methyl/N-ethyl adjacent to an activating group) is 1. The van der Waals surface area contributed by atoms with Gasteiger partial charge in [0.05, 0.1) is 6.54 Å². The van der Waals surface area contributed by atoms with Crippen LogP contribution in [0, 0.1) is 6.92 Å². The van der Waals surface area contributed by atoms with E-state index in [9.17, 15) is 9.59 Å². The Morgan fingerprint density at radius 1 is 1.10 bits per heavy atom. The Hall–Kier alpha value is -3.03. The number of aryl methyl sites for hydroxylation is 1. The average molecular weight is 423 g/mol. The lowest BCUT2D eigenvalue weighted by Crippen LogP contribution is -2.29. The maximum absolute atomic E-state index is 12.4. The predicted octanol–water partition coefficient (Wildman–Crippen LogP) is 3.47. The second-order valence-electron chi connectivity index (χ2n) is 7.29. The monoisotopic (exact) mass is 422 g/mol. The molecule has 0 aliphatic heterocycles. The molecule has 7 heteroatoms. The second-order valence-corrected chi connectivity index (χ2v) is 8.41. The minimum absolute atomic E-state index is 0.101. The quantitative estimate of drug-likeness (QED) is 0.583. The van der Waals surface area contributed by atoms with Crippen LogP contribution in [0.1, 0.15) is 31.9 Å². The van der Waals surface area contributed by atoms with Crippen LogP contribution in [0.5, 0.6) is 0 Å². The molecule has 3 rings (SSSR count). The number of carbonyl (C=O) groups is 2. The number of rotatable bonds is 8. The van der Waals surface area contributed by atoms with Gasteiger partial charge in [-0.05, 0) is 37.2 Å². The number of carbonyl (C=O) groups excluding carboxylic acids is 2. The molecular formula is C23H26N4O2S. The summed E-state index contributed by atoms with van der Waals surface area (Å²) in [4.78, 5) is 31.3. The number of benzene rings is 2. The van der Waals surface area contributed by atoms with Crippen molar-refractivity contribution in [2.24, 2.45) is 0 Å². The van der Waals surface area contributed by atoms with Crippen molar-refractivity contribution in [3.63, 3.8) is 0 Å². The van der Waals surface area contributed by atoms with Gasteiger partial charge in [0.15, 0.2) is 5.13 Å². The van der Waals surface area contributed by atoms with E-state index in [0.29, 0.717) is 17.2 Å². The molecule has 0 atom stereocenters. The molecule has 0 aliphatic carbocycles. The van der Waals surface area contributed by atoms with Crippen LogP contribution in [0.15, 0.2) is 54.7 Å². The van der Waals surface area contributed by atoms with E-state index in [1.165, 1.54) is 22.5 Å². The van der Waals surface area contributed by atoms with E-state index in [1.54, 1.807) is 19.2 Å². The Morgan fingerprint density at radius 3 is 2.57 bits per heavy atom. The maximum Gasteiger partial charge on any atom is 0.251 e. The molecule has 0 saturated carbocycles. The number of anilines is 1. The van der Waals surface area contributed by atoms with Crippen molar-refractivity contribution >= 4 is 28.3 Å². The first-order valence-corrected chi connectivity index (χ1v) is 10.5. The molecule has 1 aromatic heterocycles. The van der Waals surface area contributed by atoms with Gasteiger partial charge in [-0.25, -0.2) is 4.98 Å². The van der Waals surface area contributed by atoms with Crippen molar-refractivity contribution in [2.75, 3.05) is 26.0 Å². The van der Waals surface area contributed by atoms with Crippen LogP contribution < -0.4 is 10.6 Å². The number of nitrogens with zero attached hydrogens (tertiary/aromatic N) is 2. The first-order chi connectivity index (χ1) is 14.4. The lowest BCUT2D eigenvalue weighted by molar-refractivity contribution is -0.117. The third-order valence-electron chi connectivity index (χ3n) is 4.57. The van der Waals surface area contributed by atoms with E-state index in [0.717, 1.165) is 16.9 Å². The fourth-order valence-corrected chi connectivity index (χ4v) is 4.01. The molecule has 0 radical (unpaired) electrons. The summed E-state index contributed by atoms with van der Waals surface area (Å²) < 4.78 is 0. The largest absolute Gasteiger partial charge is 0.355 e. The van der Waals surface area contributed by atoms with E-state index in [2.05, 4.69) is 46.8 Å². The molecule has 0 fully saturated rings. The zero-order chi connectivity index (χ0) is 21.5. The van der Waals surface area contributed by atoms with Gasteiger partial charge in [0.1, 0.15) is 0 Å². The minimum atomic E-state index is -0.112. The molecule has 0 bridgehead atoms. The van der Waals surface area contributed by atoms with Crippen molar-refractivity contribution in [3.05, 3.63) is 81.9 Å². The van der Waals surface area contributed by atoms with Gasteiger partial charge in [0.25, 0.3) is 5.91 Å². The van der Waals surface area contributed by atoms with Crippen LogP contribution in [0.3, 0.4) is 0 Å². The summed E-state index contributed by atoms with van der Waals surface area (Å²) in [6.45, 7) is 2.94. The SMILES string of the molecule is CNC(=O)c1ccc(CN(C)CC(=O)Nc2ncc(Cc3cccc(C)c3)s2)cc1. The second kappa shape index (κ2) is 10.1. The van der Waals surface area contributed by atoms with Gasteiger partial charge >= 0.3 is 0 Å². The van der Waals surface area contributed by atoms with Gasteiger partial charge in [-0.15, -0.1) is 11.3 Å². The lowest BCUT2D eigenvalue weighted by Gasteiger charge is -2.16. The third-order valence-corrected chi connectivity index (χ3v) is 5.48. The van der Waals surface area contributed by atoms with Gasteiger partial charge in [-0.2, -0.15) is 0 Å². The molecule has 2 amide bonds. The Morgan fingerprint density at radius 2 is 1.87 bits per heavy atom. The lowest BCUT2D eigenvalue weighted by atomic mass is 10.1. The minimum Gasteiger partial charge on any atom is -0.355 e. The molecule has 3 aromatic rings. The van der Waals surface area contributed by atoms with Gasteiger partial charge < -0.3 is 10.6 Å². The van der Waals surface area contributed by atoms with Gasteiger partial charge in [0.2, 0.25) is 5.91 Å². The number of nitrogens with one attached hydrogen (secondary N) is 2. The molecule has 6 nitrogen and oxygen atoms in total. The summed E-state index contributed by atoms with van der Waals surface area (Å²) in [6, 6.07) is 15.8. The van der Waals surface area contributed by atoms with E-state index < -0.39 is 0 Å². The third kappa shape index (κ3) is 6.23. The van der Waals surface area contributed by atoms with Crippen LogP contribution >= 0.6 is 11.3 Å². The molecule has 2 N–H and O–H groups in total. The highest BCUT2D eigenvalue weighted by atomic mass is 32.1. The average Bonchev–Trinajstić information content (AvgIpc) is 3.14. The number of hydrogen-bond acceptors (Lipinski definition) is 5. The first kappa shape index (κ1) is 21.7. The summed E-state index contributed by atoms with van der Waals surface area (Å²) in [5.41, 5.74) is 4.12. The normalized spacial score (nSPS) is 10.8. The van der Waals surface area contributed by atoms with Gasteiger partial charge in [-0.1, -0.05) is 42.0 Å². The number of amides is 2. The topological polar surface area (TPSA) is 74.3 Å².